The van der Waals surface area contributed by atoms with Crippen LogP contribution in [0.2, 0.25) is 0 Å². The highest BCUT2D eigenvalue weighted by atomic mass is 32.2. The van der Waals surface area contributed by atoms with Gasteiger partial charge in [-0.25, -0.2) is 0 Å². The number of amides is 3. The molecule has 2 aliphatic heterocycles. The maximum Gasteiger partial charge on any atom is 0.268 e. The number of hydrogen-bond donors (Lipinski definition) is 4. The summed E-state index contributed by atoms with van der Waals surface area (Å²) in [6, 6.07) is -0.610. The Balaban J connectivity index is 1.02. The molecule has 6 rings (SSSR count). The van der Waals surface area contributed by atoms with E-state index >= 15 is 0 Å². The molecule has 4 aliphatic carbocycles. The van der Waals surface area contributed by atoms with Gasteiger partial charge in [0.1, 0.15) is 17.1 Å². The first-order valence-corrected chi connectivity index (χ1v) is 17.6. The average molecular weight is 612 g/mol. The number of hydrogen-bond acceptors (Lipinski definition) is 6. The van der Waals surface area contributed by atoms with Crippen LogP contribution in [0, 0.1) is 59.2 Å². The van der Waals surface area contributed by atoms with Crippen LogP contribution in [0.4, 0.5) is 0 Å². The van der Waals surface area contributed by atoms with Crippen LogP contribution < -0.4 is 10.6 Å². The predicted octanol–water partition coefficient (Wildman–Crippen LogP) is 3.43. The van der Waals surface area contributed by atoms with Crippen molar-refractivity contribution in [1.29, 1.82) is 0 Å². The summed E-state index contributed by atoms with van der Waals surface area (Å²) in [5, 5.41) is 27.1. The summed E-state index contributed by atoms with van der Waals surface area (Å²) >= 11 is 1.57. The molecule has 8 nitrogen and oxygen atoms in total. The molecular weight excluding hydrogens is 562 g/mol. The first-order valence-electron chi connectivity index (χ1n) is 16.6. The van der Waals surface area contributed by atoms with Gasteiger partial charge in [-0.05, 0) is 117 Å². The number of fused-ring (bicyclic) bond motifs is 6. The van der Waals surface area contributed by atoms with Crippen molar-refractivity contribution in [3.05, 3.63) is 11.3 Å². The van der Waals surface area contributed by atoms with E-state index in [-0.39, 0.29) is 47.3 Å². The fourth-order valence-corrected chi connectivity index (χ4v) is 11.7. The number of rotatable bonds is 7. The summed E-state index contributed by atoms with van der Waals surface area (Å²) < 4.78 is 0. The lowest BCUT2D eigenvalue weighted by atomic mass is 9.46. The van der Waals surface area contributed by atoms with Gasteiger partial charge in [-0.15, -0.1) is 18.2 Å². The number of terminal acetylenes is 1. The lowest BCUT2D eigenvalue weighted by molar-refractivity contribution is -0.158. The Morgan fingerprint density at radius 2 is 1.93 bits per heavy atom. The molecule has 5 fully saturated rings. The molecule has 12 unspecified atom stereocenters. The summed E-state index contributed by atoms with van der Waals surface area (Å²) in [5.74, 6) is 5.81. The molecule has 0 aromatic carbocycles. The monoisotopic (exact) mass is 611 g/mol. The van der Waals surface area contributed by atoms with Crippen LogP contribution in [0.3, 0.4) is 0 Å². The Bertz CT molecular complexity index is 1210. The van der Waals surface area contributed by atoms with Gasteiger partial charge in [0.2, 0.25) is 5.91 Å². The van der Waals surface area contributed by atoms with Gasteiger partial charge in [-0.1, -0.05) is 19.8 Å². The van der Waals surface area contributed by atoms with Crippen LogP contribution in [0.25, 0.3) is 0 Å². The molecule has 4 saturated carbocycles. The number of β-lactam (4-membered cyclic amide) rings is 1. The van der Waals surface area contributed by atoms with E-state index in [9.17, 15) is 24.6 Å². The summed E-state index contributed by atoms with van der Waals surface area (Å²) in [4.78, 5) is 40.3. The van der Waals surface area contributed by atoms with E-state index in [0.717, 1.165) is 44.1 Å². The number of thioether (sulfide) groups is 1. The van der Waals surface area contributed by atoms with Crippen LogP contribution in [0.1, 0.15) is 85.0 Å². The van der Waals surface area contributed by atoms with Gasteiger partial charge in [0.25, 0.3) is 11.8 Å². The molecular formula is C34H49N3O5S. The number of aliphatic hydroxyl groups excluding tert-OH is 2. The topological polar surface area (TPSA) is 119 Å². The Morgan fingerprint density at radius 1 is 1.16 bits per heavy atom. The van der Waals surface area contributed by atoms with Crippen molar-refractivity contribution < 1.29 is 24.6 Å². The van der Waals surface area contributed by atoms with Crippen LogP contribution >= 0.6 is 11.8 Å². The van der Waals surface area contributed by atoms with Gasteiger partial charge in [0, 0.05) is 12.2 Å². The largest absolute Gasteiger partial charge is 0.393 e. The molecule has 0 spiro atoms. The summed E-state index contributed by atoms with van der Waals surface area (Å²) in [5.41, 5.74) is 1.43. The quantitative estimate of drug-likeness (QED) is 0.259. The zero-order chi connectivity index (χ0) is 30.6. The Morgan fingerprint density at radius 3 is 2.70 bits per heavy atom. The Labute approximate surface area is 260 Å². The van der Waals surface area contributed by atoms with Gasteiger partial charge < -0.3 is 20.8 Å². The molecule has 3 amide bonds. The molecule has 0 aromatic rings. The minimum absolute atomic E-state index is 0.100. The molecule has 0 radical (unpaired) electrons. The first kappa shape index (κ1) is 31.0. The van der Waals surface area contributed by atoms with E-state index in [1.807, 2.05) is 6.92 Å². The van der Waals surface area contributed by atoms with E-state index < -0.39 is 6.04 Å². The second kappa shape index (κ2) is 12.1. The van der Waals surface area contributed by atoms with Crippen LogP contribution in [0.15, 0.2) is 11.3 Å². The van der Waals surface area contributed by atoms with E-state index in [1.165, 1.54) is 24.2 Å². The molecule has 236 valence electrons. The Hall–Kier alpha value is -2.02. The number of nitrogens with one attached hydrogen (secondary N) is 2. The zero-order valence-corrected chi connectivity index (χ0v) is 26.7. The van der Waals surface area contributed by atoms with Crippen molar-refractivity contribution in [2.45, 2.75) is 109 Å². The molecule has 1 saturated heterocycles. The maximum absolute atomic E-state index is 13.1. The second-order valence-corrected chi connectivity index (χ2v) is 15.9. The lowest BCUT2D eigenvalue weighted by Gasteiger charge is -2.60. The van der Waals surface area contributed by atoms with Crippen LogP contribution in [0.5, 0.6) is 0 Å². The fourth-order valence-electron chi connectivity index (χ4n) is 10.5. The normalized spacial score (nSPS) is 42.4. The predicted molar refractivity (Wildman–Crippen MR) is 166 cm³/mol. The van der Waals surface area contributed by atoms with Gasteiger partial charge in [-0.2, -0.15) is 0 Å². The highest BCUT2D eigenvalue weighted by Gasteiger charge is 2.59. The van der Waals surface area contributed by atoms with Gasteiger partial charge in [0.15, 0.2) is 0 Å². The molecule has 9 heteroatoms. The molecule has 6 aliphatic rings. The first-order chi connectivity index (χ1) is 20.5. The van der Waals surface area contributed by atoms with Crippen molar-refractivity contribution in [2.75, 3.05) is 12.3 Å². The van der Waals surface area contributed by atoms with Gasteiger partial charge >= 0.3 is 0 Å². The van der Waals surface area contributed by atoms with Gasteiger partial charge in [-0.3, -0.25) is 19.3 Å². The maximum atomic E-state index is 13.1. The standard InChI is InChI=1S/C34H49N3O5S/c1-5-14-35-31(41)30-19(3)17-43-33-29(32(42)37(30)33)36-27(40)11-6-18(2)22-7-8-24-23(22)9-10-25-28(24)26(39)16-20-15-21(38)12-13-34(20,25)4/h1,18,20-26,28-29,33,38-39H,6-17H2,2-4H3,(H,35,41)(H,36,40). The SMILES string of the molecule is C#CCNC(=O)C1=C(C)CSC2C(NC(=O)CCC(C)C3CCC4C3CCC3C4C(O)CC4CC(O)CCC43C)C(=O)N12. The highest BCUT2D eigenvalue weighted by Crippen LogP contribution is 2.64. The summed E-state index contributed by atoms with van der Waals surface area (Å²) in [6.07, 6.45) is 14.3. The lowest BCUT2D eigenvalue weighted by Crippen LogP contribution is -2.70. The molecule has 12 atom stereocenters. The molecule has 2 heterocycles. The number of carbonyl (C=O) groups excluding carboxylic acids is 3. The van der Waals surface area contributed by atoms with Crippen molar-refractivity contribution in [2.24, 2.45) is 46.8 Å². The van der Waals surface area contributed by atoms with Crippen molar-refractivity contribution in [3.63, 3.8) is 0 Å². The molecule has 0 aromatic heterocycles. The van der Waals surface area contributed by atoms with Crippen molar-refractivity contribution >= 4 is 29.5 Å². The highest BCUT2D eigenvalue weighted by molar-refractivity contribution is 8.00. The van der Waals surface area contributed by atoms with Crippen LogP contribution in [-0.2, 0) is 14.4 Å². The smallest absolute Gasteiger partial charge is 0.268 e. The number of carbonyl (C=O) groups is 3. The van der Waals surface area contributed by atoms with Gasteiger partial charge in [0.05, 0.1) is 18.8 Å². The number of aliphatic hydroxyl groups is 2. The zero-order valence-electron chi connectivity index (χ0n) is 25.9. The van der Waals surface area contributed by atoms with Crippen molar-refractivity contribution in [3.8, 4) is 12.3 Å². The van der Waals surface area contributed by atoms with E-state index in [1.54, 1.807) is 11.8 Å². The summed E-state index contributed by atoms with van der Waals surface area (Å²) in [7, 11) is 0. The van der Waals surface area contributed by atoms with Crippen molar-refractivity contribution in [1.82, 2.24) is 15.5 Å². The third-order valence-corrected chi connectivity index (χ3v) is 14.0. The van der Waals surface area contributed by atoms with E-state index in [0.29, 0.717) is 59.3 Å². The van der Waals surface area contributed by atoms with E-state index in [2.05, 4.69) is 30.4 Å². The fraction of sp³-hybridized carbons (Fsp3) is 0.794. The third-order valence-electron chi connectivity index (χ3n) is 12.6. The minimum Gasteiger partial charge on any atom is -0.393 e. The number of nitrogens with zero attached hydrogens (tertiary/aromatic N) is 1. The molecule has 4 N–H and O–H groups in total. The van der Waals surface area contributed by atoms with E-state index in [4.69, 9.17) is 6.42 Å². The average Bonchev–Trinajstić information content (AvgIpc) is 3.42. The third kappa shape index (κ3) is 5.33. The molecule has 0 bridgehead atoms. The molecule has 43 heavy (non-hydrogen) atoms. The summed E-state index contributed by atoms with van der Waals surface area (Å²) in [6.45, 7) is 6.68. The minimum atomic E-state index is -0.610. The second-order valence-electron chi connectivity index (χ2n) is 14.8. The van der Waals surface area contributed by atoms with Crippen LogP contribution in [-0.4, -0.2) is 68.8 Å². The Kier molecular flexibility index (Phi) is 8.69.